The highest BCUT2D eigenvalue weighted by Crippen LogP contribution is 2.24. The van der Waals surface area contributed by atoms with Crippen LogP contribution in [0.3, 0.4) is 0 Å². The van der Waals surface area contributed by atoms with Crippen molar-refractivity contribution in [1.29, 1.82) is 0 Å². The lowest BCUT2D eigenvalue weighted by Gasteiger charge is -2.09. The Morgan fingerprint density at radius 2 is 2.00 bits per heavy atom. The third kappa shape index (κ3) is 3.41. The molecule has 3 heteroatoms. The Morgan fingerprint density at radius 1 is 1.21 bits per heavy atom. The monoisotopic (exact) mass is 255 g/mol. The van der Waals surface area contributed by atoms with E-state index in [4.69, 9.17) is 4.74 Å². The minimum absolute atomic E-state index is 0.000792. The van der Waals surface area contributed by atoms with E-state index in [1.165, 1.54) is 18.7 Å². The molecule has 3 nitrogen and oxygen atoms in total. The Labute approximate surface area is 113 Å². The maximum Gasteiger partial charge on any atom is 0.219 e. The number of pyridine rings is 1. The number of rotatable bonds is 4. The highest BCUT2D eigenvalue weighted by atomic mass is 16.5. The van der Waals surface area contributed by atoms with Gasteiger partial charge in [-0.05, 0) is 36.6 Å². The Morgan fingerprint density at radius 3 is 2.58 bits per heavy atom. The summed E-state index contributed by atoms with van der Waals surface area (Å²) in [7, 11) is 0. The van der Waals surface area contributed by atoms with E-state index in [2.05, 4.69) is 24.9 Å². The van der Waals surface area contributed by atoms with Gasteiger partial charge in [-0.1, -0.05) is 26.0 Å². The van der Waals surface area contributed by atoms with Crippen LogP contribution in [-0.2, 0) is 0 Å². The van der Waals surface area contributed by atoms with E-state index in [1.807, 2.05) is 18.2 Å². The second-order valence-electron chi connectivity index (χ2n) is 4.77. The maximum absolute atomic E-state index is 11.2. The van der Waals surface area contributed by atoms with Crippen LogP contribution in [-0.4, -0.2) is 10.8 Å². The molecule has 0 spiro atoms. The summed E-state index contributed by atoms with van der Waals surface area (Å²) in [6.07, 6.45) is 1.53. The highest BCUT2D eigenvalue weighted by molar-refractivity contribution is 5.93. The molecule has 98 valence electrons. The SMILES string of the molecule is CC(=O)c1ccc(Oc2cccc(C(C)C)c2)nc1. The van der Waals surface area contributed by atoms with Crippen LogP contribution in [0.1, 0.15) is 42.6 Å². The van der Waals surface area contributed by atoms with Gasteiger partial charge in [-0.3, -0.25) is 4.79 Å². The van der Waals surface area contributed by atoms with Gasteiger partial charge in [0.15, 0.2) is 5.78 Å². The number of nitrogens with zero attached hydrogens (tertiary/aromatic N) is 1. The molecule has 2 rings (SSSR count). The molecule has 0 aliphatic heterocycles. The molecule has 0 N–H and O–H groups in total. The highest BCUT2D eigenvalue weighted by Gasteiger charge is 2.04. The van der Waals surface area contributed by atoms with E-state index >= 15 is 0 Å². The number of hydrogen-bond donors (Lipinski definition) is 0. The number of carbonyl (C=O) groups is 1. The average Bonchev–Trinajstić information content (AvgIpc) is 2.39. The summed E-state index contributed by atoms with van der Waals surface area (Å²) < 4.78 is 5.68. The molecule has 0 unspecified atom stereocenters. The van der Waals surface area contributed by atoms with Gasteiger partial charge < -0.3 is 4.74 Å². The van der Waals surface area contributed by atoms with Crippen LogP contribution >= 0.6 is 0 Å². The number of ketones is 1. The minimum Gasteiger partial charge on any atom is -0.439 e. The van der Waals surface area contributed by atoms with E-state index in [-0.39, 0.29) is 5.78 Å². The van der Waals surface area contributed by atoms with Gasteiger partial charge in [0.25, 0.3) is 0 Å². The van der Waals surface area contributed by atoms with Crippen molar-refractivity contribution in [1.82, 2.24) is 4.98 Å². The smallest absolute Gasteiger partial charge is 0.219 e. The molecule has 0 aliphatic carbocycles. The third-order valence-corrected chi connectivity index (χ3v) is 2.89. The van der Waals surface area contributed by atoms with Gasteiger partial charge in [0.2, 0.25) is 5.88 Å². The van der Waals surface area contributed by atoms with Crippen LogP contribution in [0.25, 0.3) is 0 Å². The Hall–Kier alpha value is -2.16. The molecule has 1 heterocycles. The van der Waals surface area contributed by atoms with Gasteiger partial charge in [-0.2, -0.15) is 0 Å². The normalized spacial score (nSPS) is 10.5. The van der Waals surface area contributed by atoms with Crippen LogP contribution in [0.4, 0.5) is 0 Å². The van der Waals surface area contributed by atoms with Crippen LogP contribution in [0.15, 0.2) is 42.6 Å². The molecule has 0 bridgehead atoms. The first-order valence-corrected chi connectivity index (χ1v) is 6.31. The zero-order chi connectivity index (χ0) is 13.8. The van der Waals surface area contributed by atoms with Crippen LogP contribution in [0.5, 0.6) is 11.6 Å². The van der Waals surface area contributed by atoms with E-state index in [1.54, 1.807) is 12.1 Å². The average molecular weight is 255 g/mol. The fraction of sp³-hybridized carbons (Fsp3) is 0.250. The molecule has 0 aliphatic rings. The van der Waals surface area contributed by atoms with Crippen LogP contribution in [0.2, 0.25) is 0 Å². The topological polar surface area (TPSA) is 39.2 Å². The molecule has 0 fully saturated rings. The maximum atomic E-state index is 11.2. The molecule has 1 aromatic heterocycles. The quantitative estimate of drug-likeness (QED) is 0.768. The first kappa shape index (κ1) is 13.3. The zero-order valence-corrected chi connectivity index (χ0v) is 11.4. The van der Waals surface area contributed by atoms with Crippen LogP contribution < -0.4 is 4.74 Å². The summed E-state index contributed by atoms with van der Waals surface area (Å²) in [5.41, 5.74) is 1.81. The van der Waals surface area contributed by atoms with Gasteiger partial charge in [-0.25, -0.2) is 4.98 Å². The molecule has 19 heavy (non-hydrogen) atoms. The van der Waals surface area contributed by atoms with Crippen molar-refractivity contribution in [3.63, 3.8) is 0 Å². The number of Topliss-reactive ketones (excluding diaryl/α,β-unsaturated/α-hetero) is 1. The fourth-order valence-corrected chi connectivity index (χ4v) is 1.71. The molecular weight excluding hydrogens is 238 g/mol. The lowest BCUT2D eigenvalue weighted by atomic mass is 10.0. The van der Waals surface area contributed by atoms with E-state index < -0.39 is 0 Å². The summed E-state index contributed by atoms with van der Waals surface area (Å²) in [5, 5.41) is 0. The molecule has 1 aromatic carbocycles. The lowest BCUT2D eigenvalue weighted by Crippen LogP contribution is -1.95. The lowest BCUT2D eigenvalue weighted by molar-refractivity contribution is 0.101. The number of carbonyl (C=O) groups excluding carboxylic acids is 1. The van der Waals surface area contributed by atoms with E-state index in [0.717, 1.165) is 5.75 Å². The summed E-state index contributed by atoms with van der Waals surface area (Å²) >= 11 is 0. The molecule has 2 aromatic rings. The third-order valence-electron chi connectivity index (χ3n) is 2.89. The van der Waals surface area contributed by atoms with Gasteiger partial charge in [0.05, 0.1) is 0 Å². The predicted octanol–water partition coefficient (Wildman–Crippen LogP) is 4.20. The Balaban J connectivity index is 2.16. The van der Waals surface area contributed by atoms with E-state index in [9.17, 15) is 4.79 Å². The summed E-state index contributed by atoms with van der Waals surface area (Å²) in [5.74, 6) is 1.71. The van der Waals surface area contributed by atoms with Gasteiger partial charge in [0, 0.05) is 17.8 Å². The number of benzene rings is 1. The van der Waals surface area contributed by atoms with Crippen molar-refractivity contribution in [3.8, 4) is 11.6 Å². The van der Waals surface area contributed by atoms with Crippen molar-refractivity contribution >= 4 is 5.78 Å². The molecule has 0 radical (unpaired) electrons. The first-order valence-electron chi connectivity index (χ1n) is 6.31. The second kappa shape index (κ2) is 5.65. The van der Waals surface area contributed by atoms with Crippen molar-refractivity contribution in [3.05, 3.63) is 53.7 Å². The second-order valence-corrected chi connectivity index (χ2v) is 4.77. The summed E-state index contributed by atoms with van der Waals surface area (Å²) in [4.78, 5) is 15.3. The summed E-state index contributed by atoms with van der Waals surface area (Å²) in [6.45, 7) is 5.79. The van der Waals surface area contributed by atoms with Gasteiger partial charge in [0.1, 0.15) is 5.75 Å². The number of aromatic nitrogens is 1. The van der Waals surface area contributed by atoms with Crippen molar-refractivity contribution in [2.75, 3.05) is 0 Å². The van der Waals surface area contributed by atoms with Gasteiger partial charge in [-0.15, -0.1) is 0 Å². The first-order chi connectivity index (χ1) is 9.06. The Kier molecular flexibility index (Phi) is 3.95. The fourth-order valence-electron chi connectivity index (χ4n) is 1.71. The predicted molar refractivity (Wildman–Crippen MR) is 74.8 cm³/mol. The van der Waals surface area contributed by atoms with E-state index in [0.29, 0.717) is 17.4 Å². The van der Waals surface area contributed by atoms with Crippen molar-refractivity contribution in [2.24, 2.45) is 0 Å². The summed E-state index contributed by atoms with van der Waals surface area (Å²) in [6, 6.07) is 11.4. The molecular formula is C16H17NO2. The number of hydrogen-bond acceptors (Lipinski definition) is 3. The van der Waals surface area contributed by atoms with Crippen LogP contribution in [0, 0.1) is 0 Å². The van der Waals surface area contributed by atoms with Crippen molar-refractivity contribution < 1.29 is 9.53 Å². The largest absolute Gasteiger partial charge is 0.439 e. The molecule has 0 saturated heterocycles. The minimum atomic E-state index is 0.000792. The number of ether oxygens (including phenoxy) is 1. The van der Waals surface area contributed by atoms with Crippen molar-refractivity contribution in [2.45, 2.75) is 26.7 Å². The standard InChI is InChI=1S/C16H17NO2/c1-11(2)13-5-4-6-15(9-13)19-16-8-7-14(10-17-16)12(3)18/h4-11H,1-3H3. The molecule has 0 atom stereocenters. The Bertz CT molecular complexity index is 574. The molecule has 0 saturated carbocycles. The zero-order valence-electron chi connectivity index (χ0n) is 11.4. The molecule has 0 amide bonds. The van der Waals surface area contributed by atoms with Gasteiger partial charge >= 0.3 is 0 Å².